The third kappa shape index (κ3) is 3.05. The minimum absolute atomic E-state index is 0.155. The van der Waals surface area contributed by atoms with E-state index in [0.717, 1.165) is 8.95 Å². The van der Waals surface area contributed by atoms with Crippen LogP contribution in [0.25, 0.3) is 0 Å². The van der Waals surface area contributed by atoms with Crippen LogP contribution < -0.4 is 0 Å². The van der Waals surface area contributed by atoms with Gasteiger partial charge >= 0.3 is 0 Å². The van der Waals surface area contributed by atoms with Crippen molar-refractivity contribution in [2.24, 2.45) is 0 Å². The smallest absolute Gasteiger partial charge is 0.123 e. The number of benzene rings is 1. The van der Waals surface area contributed by atoms with Crippen molar-refractivity contribution in [3.05, 3.63) is 49.6 Å². The summed E-state index contributed by atoms with van der Waals surface area (Å²) in [6.45, 7) is 4.02. The van der Waals surface area contributed by atoms with Crippen LogP contribution in [-0.4, -0.2) is 14.9 Å². The molecule has 1 heterocycles. The Balaban J connectivity index is 2.52. The van der Waals surface area contributed by atoms with Gasteiger partial charge in [0.15, 0.2) is 0 Å². The van der Waals surface area contributed by atoms with Gasteiger partial charge in [-0.25, -0.2) is 0 Å². The largest absolute Gasteiger partial charge is 0.382 e. The summed E-state index contributed by atoms with van der Waals surface area (Å²) in [7, 11) is 0. The number of aromatic nitrogens is 2. The number of nitrogens with zero attached hydrogens (tertiary/aromatic N) is 2. The lowest BCUT2D eigenvalue weighted by Crippen LogP contribution is -2.13. The zero-order valence-electron chi connectivity index (χ0n) is 10.4. The van der Waals surface area contributed by atoms with Crippen LogP contribution in [0.4, 0.5) is 0 Å². The molecule has 6 heteroatoms. The number of halogens is 3. The molecule has 1 aromatic heterocycles. The molecular formula is C13H13Br2ClN2O. The summed E-state index contributed by atoms with van der Waals surface area (Å²) in [6.07, 6.45) is 0.856. The predicted octanol–water partition coefficient (Wildman–Crippen LogP) is 4.72. The summed E-state index contributed by atoms with van der Waals surface area (Å²) in [5.74, 6) is 0. The Morgan fingerprint density at radius 1 is 1.32 bits per heavy atom. The molecule has 2 aromatic rings. The Morgan fingerprint density at radius 3 is 2.63 bits per heavy atom. The summed E-state index contributed by atoms with van der Waals surface area (Å²) < 4.78 is 3.42. The van der Waals surface area contributed by atoms with Crippen molar-refractivity contribution in [2.45, 2.75) is 26.0 Å². The van der Waals surface area contributed by atoms with Crippen molar-refractivity contribution in [3.8, 4) is 0 Å². The average Bonchev–Trinajstić information content (AvgIpc) is 2.73. The van der Waals surface area contributed by atoms with Crippen LogP contribution in [0.3, 0.4) is 0 Å². The highest BCUT2D eigenvalue weighted by atomic mass is 79.9. The molecule has 0 saturated carbocycles. The molecule has 0 aliphatic rings. The van der Waals surface area contributed by atoms with Gasteiger partial charge in [-0.3, -0.25) is 4.68 Å². The molecule has 0 radical (unpaired) electrons. The second kappa shape index (κ2) is 5.95. The summed E-state index contributed by atoms with van der Waals surface area (Å²) in [4.78, 5) is 0. The Morgan fingerprint density at radius 2 is 2.00 bits per heavy atom. The first-order chi connectivity index (χ1) is 8.91. The van der Waals surface area contributed by atoms with Gasteiger partial charge in [-0.2, -0.15) is 5.10 Å². The second-order valence-electron chi connectivity index (χ2n) is 4.48. The predicted molar refractivity (Wildman–Crippen MR) is 83.5 cm³/mol. The molecule has 0 aliphatic carbocycles. The number of rotatable bonds is 3. The molecule has 0 fully saturated rings. The number of hydrogen-bond acceptors (Lipinski definition) is 2. The van der Waals surface area contributed by atoms with Crippen LogP contribution in [0.5, 0.6) is 0 Å². The molecule has 0 aliphatic heterocycles. The van der Waals surface area contributed by atoms with Crippen molar-refractivity contribution in [1.29, 1.82) is 0 Å². The van der Waals surface area contributed by atoms with E-state index < -0.39 is 6.10 Å². The van der Waals surface area contributed by atoms with Crippen LogP contribution in [0, 0.1) is 0 Å². The van der Waals surface area contributed by atoms with E-state index >= 15 is 0 Å². The third-order valence-electron chi connectivity index (χ3n) is 2.79. The Bertz CT molecular complexity index is 598. The lowest BCUT2D eigenvalue weighted by molar-refractivity contribution is 0.204. The van der Waals surface area contributed by atoms with Gasteiger partial charge in [-0.1, -0.05) is 27.5 Å². The quantitative estimate of drug-likeness (QED) is 0.798. The Labute approximate surface area is 133 Å². The molecule has 1 atom stereocenters. The highest BCUT2D eigenvalue weighted by Gasteiger charge is 2.23. The van der Waals surface area contributed by atoms with E-state index in [1.807, 2.05) is 26.0 Å². The van der Waals surface area contributed by atoms with E-state index in [9.17, 15) is 5.11 Å². The fourth-order valence-electron chi connectivity index (χ4n) is 1.89. The molecule has 0 amide bonds. The van der Waals surface area contributed by atoms with E-state index in [1.54, 1.807) is 16.9 Å². The van der Waals surface area contributed by atoms with Gasteiger partial charge < -0.3 is 5.11 Å². The van der Waals surface area contributed by atoms with E-state index in [1.165, 1.54) is 0 Å². The molecule has 0 spiro atoms. The molecule has 1 aromatic carbocycles. The van der Waals surface area contributed by atoms with E-state index in [4.69, 9.17) is 11.6 Å². The maximum absolute atomic E-state index is 10.6. The lowest BCUT2D eigenvalue weighted by atomic mass is 10.1. The molecule has 2 rings (SSSR count). The van der Waals surface area contributed by atoms with Crippen molar-refractivity contribution in [2.75, 3.05) is 0 Å². The van der Waals surface area contributed by atoms with Crippen molar-refractivity contribution in [3.63, 3.8) is 0 Å². The van der Waals surface area contributed by atoms with E-state index in [2.05, 4.69) is 37.0 Å². The fourth-order valence-corrected chi connectivity index (χ4v) is 2.98. The highest BCUT2D eigenvalue weighted by molar-refractivity contribution is 9.10. The van der Waals surface area contributed by atoms with Gasteiger partial charge in [0.05, 0.1) is 16.4 Å². The van der Waals surface area contributed by atoms with Gasteiger partial charge in [0.1, 0.15) is 6.10 Å². The van der Waals surface area contributed by atoms with Crippen molar-refractivity contribution < 1.29 is 5.11 Å². The van der Waals surface area contributed by atoms with E-state index in [0.29, 0.717) is 16.3 Å². The molecule has 3 nitrogen and oxygen atoms in total. The van der Waals surface area contributed by atoms with Crippen LogP contribution in [0.2, 0.25) is 5.02 Å². The number of hydrogen-bond donors (Lipinski definition) is 1. The zero-order valence-corrected chi connectivity index (χ0v) is 14.4. The minimum atomic E-state index is -0.829. The van der Waals surface area contributed by atoms with Crippen LogP contribution >= 0.6 is 43.5 Å². The first kappa shape index (κ1) is 15.0. The molecular weight excluding hydrogens is 395 g/mol. The standard InChI is InChI=1S/C13H13Br2ClN2O/c1-7(2)18-12(10(15)6-17-18)13(19)9-5-8(14)3-4-11(9)16/h3-7,13,19H,1-2H3. The fraction of sp³-hybridized carbons (Fsp3) is 0.308. The SMILES string of the molecule is CC(C)n1ncc(Br)c1C(O)c1cc(Br)ccc1Cl. The lowest BCUT2D eigenvalue weighted by Gasteiger charge is -2.18. The average molecular weight is 409 g/mol. The van der Waals surface area contributed by atoms with Crippen LogP contribution in [0.15, 0.2) is 33.3 Å². The highest BCUT2D eigenvalue weighted by Crippen LogP contribution is 2.34. The van der Waals surface area contributed by atoms with Gasteiger partial charge in [0.2, 0.25) is 0 Å². The summed E-state index contributed by atoms with van der Waals surface area (Å²) in [6, 6.07) is 5.57. The zero-order chi connectivity index (χ0) is 14.2. The molecule has 0 bridgehead atoms. The molecule has 102 valence electrons. The van der Waals surface area contributed by atoms with Crippen LogP contribution in [0.1, 0.15) is 37.3 Å². The summed E-state index contributed by atoms with van der Waals surface area (Å²) >= 11 is 13.0. The summed E-state index contributed by atoms with van der Waals surface area (Å²) in [5.41, 5.74) is 1.36. The van der Waals surface area contributed by atoms with Crippen molar-refractivity contribution >= 4 is 43.5 Å². The number of aliphatic hydroxyl groups excluding tert-OH is 1. The van der Waals surface area contributed by atoms with Gasteiger partial charge in [-0.15, -0.1) is 0 Å². The Kier molecular flexibility index (Phi) is 4.71. The first-order valence-electron chi connectivity index (χ1n) is 5.77. The monoisotopic (exact) mass is 406 g/mol. The normalized spacial score (nSPS) is 13.0. The van der Waals surface area contributed by atoms with Crippen LogP contribution in [-0.2, 0) is 0 Å². The van der Waals surface area contributed by atoms with Gasteiger partial charge in [-0.05, 0) is 48.0 Å². The maximum Gasteiger partial charge on any atom is 0.123 e. The van der Waals surface area contributed by atoms with Crippen molar-refractivity contribution in [1.82, 2.24) is 9.78 Å². The molecule has 1 N–H and O–H groups in total. The topological polar surface area (TPSA) is 38.0 Å². The van der Waals surface area contributed by atoms with Gasteiger partial charge in [0.25, 0.3) is 0 Å². The first-order valence-corrected chi connectivity index (χ1v) is 7.74. The third-order valence-corrected chi connectivity index (χ3v) is 4.24. The van der Waals surface area contributed by atoms with E-state index in [-0.39, 0.29) is 6.04 Å². The maximum atomic E-state index is 10.6. The minimum Gasteiger partial charge on any atom is -0.382 e. The van der Waals surface area contributed by atoms with Gasteiger partial charge in [0, 0.05) is 21.1 Å². The molecule has 0 saturated heterocycles. The number of aliphatic hydroxyl groups is 1. The second-order valence-corrected chi connectivity index (χ2v) is 6.66. The Hall–Kier alpha value is -0.360. The summed E-state index contributed by atoms with van der Waals surface area (Å²) in [5, 5.41) is 15.4. The molecule has 19 heavy (non-hydrogen) atoms. The molecule has 1 unspecified atom stereocenters.